The number of carbonyl (C=O) groups excluding carboxylic acids is 2. The van der Waals surface area contributed by atoms with Crippen molar-refractivity contribution in [1.29, 1.82) is 0 Å². The molecule has 2 heterocycles. The molecule has 0 amide bonds. The highest BCUT2D eigenvalue weighted by atomic mass is 16.6. The summed E-state index contributed by atoms with van der Waals surface area (Å²) in [4.78, 5) is 23.6. The summed E-state index contributed by atoms with van der Waals surface area (Å²) < 4.78 is 20.9. The van der Waals surface area contributed by atoms with Crippen molar-refractivity contribution in [3.63, 3.8) is 0 Å². The van der Waals surface area contributed by atoms with E-state index in [1.807, 2.05) is 0 Å². The SMILES string of the molecule is O=C(OCCOC(=O)C1CCC2OC21)C1CCC2OC21. The molecule has 6 heteroatoms. The van der Waals surface area contributed by atoms with E-state index in [2.05, 4.69) is 0 Å². The molecule has 6 atom stereocenters. The van der Waals surface area contributed by atoms with E-state index in [0.717, 1.165) is 25.7 Å². The number of ether oxygens (including phenoxy) is 4. The highest BCUT2D eigenvalue weighted by Crippen LogP contribution is 2.44. The van der Waals surface area contributed by atoms with E-state index in [4.69, 9.17) is 18.9 Å². The average Bonchev–Trinajstić information content (AvgIpc) is 3.33. The molecule has 6 nitrogen and oxygen atoms in total. The summed E-state index contributed by atoms with van der Waals surface area (Å²) >= 11 is 0. The van der Waals surface area contributed by atoms with Crippen molar-refractivity contribution in [3.05, 3.63) is 0 Å². The van der Waals surface area contributed by atoms with Crippen LogP contribution in [0.25, 0.3) is 0 Å². The van der Waals surface area contributed by atoms with Crippen LogP contribution in [0, 0.1) is 11.8 Å². The van der Waals surface area contributed by atoms with Gasteiger partial charge in [-0.2, -0.15) is 0 Å². The van der Waals surface area contributed by atoms with E-state index in [0.29, 0.717) is 0 Å². The maximum atomic E-state index is 11.8. The van der Waals surface area contributed by atoms with Gasteiger partial charge < -0.3 is 18.9 Å². The Kier molecular flexibility index (Phi) is 2.96. The molecule has 2 aliphatic carbocycles. The number of hydrogen-bond acceptors (Lipinski definition) is 6. The first-order valence-electron chi connectivity index (χ1n) is 7.38. The van der Waals surface area contributed by atoms with Gasteiger partial charge in [0.15, 0.2) is 0 Å². The molecule has 4 aliphatic rings. The van der Waals surface area contributed by atoms with Crippen LogP contribution in [-0.4, -0.2) is 49.6 Å². The van der Waals surface area contributed by atoms with Crippen LogP contribution in [0.5, 0.6) is 0 Å². The number of fused-ring (bicyclic) bond motifs is 2. The van der Waals surface area contributed by atoms with Crippen molar-refractivity contribution >= 4 is 11.9 Å². The molecule has 0 aromatic carbocycles. The lowest BCUT2D eigenvalue weighted by Crippen LogP contribution is -2.25. The predicted octanol–water partition coefficient (Wildman–Crippen LogP) is 0.428. The van der Waals surface area contributed by atoms with Crippen molar-refractivity contribution in [3.8, 4) is 0 Å². The summed E-state index contributed by atoms with van der Waals surface area (Å²) in [5.41, 5.74) is 0. The van der Waals surface area contributed by atoms with Crippen LogP contribution in [0.1, 0.15) is 25.7 Å². The van der Waals surface area contributed by atoms with E-state index in [1.54, 1.807) is 0 Å². The summed E-state index contributed by atoms with van der Waals surface area (Å²) in [6, 6.07) is 0. The Balaban J connectivity index is 1.14. The number of esters is 2. The second-order valence-electron chi connectivity index (χ2n) is 5.98. The van der Waals surface area contributed by atoms with Crippen LogP contribution >= 0.6 is 0 Å². The molecule has 0 bridgehead atoms. The maximum Gasteiger partial charge on any atom is 0.311 e. The Bertz CT molecular complexity index is 395. The molecule has 2 aliphatic heterocycles. The third-order valence-electron chi connectivity index (χ3n) is 4.74. The summed E-state index contributed by atoms with van der Waals surface area (Å²) in [6.45, 7) is 0.250. The van der Waals surface area contributed by atoms with Gasteiger partial charge in [-0.1, -0.05) is 0 Å². The fraction of sp³-hybridized carbons (Fsp3) is 0.857. The second-order valence-corrected chi connectivity index (χ2v) is 5.98. The second kappa shape index (κ2) is 4.70. The van der Waals surface area contributed by atoms with Crippen molar-refractivity contribution in [1.82, 2.24) is 0 Å². The van der Waals surface area contributed by atoms with Gasteiger partial charge in [-0.3, -0.25) is 9.59 Å². The van der Waals surface area contributed by atoms with Gasteiger partial charge in [0.05, 0.1) is 36.3 Å². The smallest absolute Gasteiger partial charge is 0.311 e. The minimum absolute atomic E-state index is 0.0764. The minimum atomic E-state index is -0.225. The van der Waals surface area contributed by atoms with Gasteiger partial charge in [0.2, 0.25) is 0 Å². The van der Waals surface area contributed by atoms with Crippen molar-refractivity contribution in [2.75, 3.05) is 13.2 Å². The van der Waals surface area contributed by atoms with Crippen LogP contribution in [0.4, 0.5) is 0 Å². The molecule has 0 aromatic heterocycles. The first-order chi connectivity index (χ1) is 9.74. The normalized spacial score (nSPS) is 43.6. The highest BCUT2D eigenvalue weighted by Gasteiger charge is 2.54. The van der Waals surface area contributed by atoms with Gasteiger partial charge in [-0.15, -0.1) is 0 Å². The molecule has 0 N–H and O–H groups in total. The number of epoxide rings is 2. The van der Waals surface area contributed by atoms with Gasteiger partial charge >= 0.3 is 11.9 Å². The molecule has 0 spiro atoms. The number of rotatable bonds is 5. The van der Waals surface area contributed by atoms with Crippen molar-refractivity contribution < 1.29 is 28.5 Å². The van der Waals surface area contributed by atoms with Gasteiger partial charge in [0.1, 0.15) is 13.2 Å². The first kappa shape index (κ1) is 12.6. The lowest BCUT2D eigenvalue weighted by molar-refractivity contribution is -0.158. The zero-order chi connectivity index (χ0) is 13.7. The van der Waals surface area contributed by atoms with E-state index >= 15 is 0 Å². The standard InChI is InChI=1S/C14H18O6/c15-13(7-1-3-9-11(7)19-9)17-5-6-18-14(16)8-2-4-10-12(8)20-10/h7-12H,1-6H2. The minimum Gasteiger partial charge on any atom is -0.462 e. The Hall–Kier alpha value is -1.14. The van der Waals surface area contributed by atoms with Crippen LogP contribution in [0.15, 0.2) is 0 Å². The Morgan fingerprint density at radius 3 is 1.55 bits per heavy atom. The Labute approximate surface area is 116 Å². The fourth-order valence-electron chi connectivity index (χ4n) is 3.50. The lowest BCUT2D eigenvalue weighted by atomic mass is 10.1. The summed E-state index contributed by atoms with van der Waals surface area (Å²) in [5.74, 6) is -0.688. The molecule has 20 heavy (non-hydrogen) atoms. The molecule has 0 radical (unpaired) electrons. The molecule has 2 saturated carbocycles. The molecule has 4 fully saturated rings. The average molecular weight is 282 g/mol. The van der Waals surface area contributed by atoms with E-state index < -0.39 is 0 Å². The van der Waals surface area contributed by atoms with Crippen molar-refractivity contribution in [2.45, 2.75) is 50.1 Å². The van der Waals surface area contributed by atoms with Gasteiger partial charge in [0, 0.05) is 0 Å². The van der Waals surface area contributed by atoms with Gasteiger partial charge in [-0.25, -0.2) is 0 Å². The van der Waals surface area contributed by atoms with Crippen LogP contribution < -0.4 is 0 Å². The highest BCUT2D eigenvalue weighted by molar-refractivity contribution is 5.75. The Morgan fingerprint density at radius 1 is 0.800 bits per heavy atom. The van der Waals surface area contributed by atoms with Crippen LogP contribution in [-0.2, 0) is 28.5 Å². The van der Waals surface area contributed by atoms with E-state index in [1.165, 1.54) is 0 Å². The molecule has 4 rings (SSSR count). The monoisotopic (exact) mass is 282 g/mol. The summed E-state index contributed by atoms with van der Waals surface area (Å²) in [7, 11) is 0. The summed E-state index contributed by atoms with van der Waals surface area (Å²) in [6.07, 6.45) is 4.29. The molecule has 2 saturated heterocycles. The number of hydrogen-bond donors (Lipinski definition) is 0. The van der Waals surface area contributed by atoms with Crippen LogP contribution in [0.2, 0.25) is 0 Å². The summed E-state index contributed by atoms with van der Waals surface area (Å²) in [5, 5.41) is 0. The quantitative estimate of drug-likeness (QED) is 0.413. The fourth-order valence-corrected chi connectivity index (χ4v) is 3.50. The van der Waals surface area contributed by atoms with E-state index in [9.17, 15) is 9.59 Å². The zero-order valence-electron chi connectivity index (χ0n) is 11.2. The molecular weight excluding hydrogens is 264 g/mol. The molecule has 0 aromatic rings. The molecule has 110 valence electrons. The van der Waals surface area contributed by atoms with Crippen LogP contribution in [0.3, 0.4) is 0 Å². The lowest BCUT2D eigenvalue weighted by Gasteiger charge is -2.12. The largest absolute Gasteiger partial charge is 0.462 e. The maximum absolute atomic E-state index is 11.8. The van der Waals surface area contributed by atoms with Gasteiger partial charge in [-0.05, 0) is 25.7 Å². The van der Waals surface area contributed by atoms with Gasteiger partial charge in [0.25, 0.3) is 0 Å². The third-order valence-corrected chi connectivity index (χ3v) is 4.74. The van der Waals surface area contributed by atoms with E-state index in [-0.39, 0.29) is 61.4 Å². The van der Waals surface area contributed by atoms with Crippen molar-refractivity contribution in [2.24, 2.45) is 11.8 Å². The topological polar surface area (TPSA) is 77.7 Å². The number of carbonyl (C=O) groups is 2. The molecular formula is C14H18O6. The molecule has 6 unspecified atom stereocenters. The third kappa shape index (κ3) is 2.20. The predicted molar refractivity (Wildman–Crippen MR) is 64.7 cm³/mol. The zero-order valence-corrected chi connectivity index (χ0v) is 11.2. The Morgan fingerprint density at radius 2 is 1.25 bits per heavy atom. The first-order valence-corrected chi connectivity index (χ1v) is 7.38.